The van der Waals surface area contributed by atoms with Gasteiger partial charge in [0.25, 0.3) is 0 Å². The van der Waals surface area contributed by atoms with Gasteiger partial charge in [0.1, 0.15) is 5.75 Å². The lowest BCUT2D eigenvalue weighted by atomic mass is 10.0. The molecule has 1 heterocycles. The number of hydrogen-bond acceptors (Lipinski definition) is 4. The van der Waals surface area contributed by atoms with Crippen LogP contribution in [0.2, 0.25) is 0 Å². The maximum Gasteiger partial charge on any atom is 0.306 e. The van der Waals surface area contributed by atoms with Gasteiger partial charge in [-0.15, -0.1) is 0 Å². The second-order valence-corrected chi connectivity index (χ2v) is 4.60. The number of rotatable bonds is 5. The van der Waals surface area contributed by atoms with E-state index in [1.54, 1.807) is 6.92 Å². The molecule has 1 N–H and O–H groups in total. The van der Waals surface area contributed by atoms with Gasteiger partial charge in [-0.2, -0.15) is 0 Å². The highest BCUT2D eigenvalue weighted by Crippen LogP contribution is 2.31. The Kier molecular flexibility index (Phi) is 4.98. The molecule has 1 atom stereocenters. The largest absolute Gasteiger partial charge is 0.493 e. The fourth-order valence-corrected chi connectivity index (χ4v) is 2.21. The molecule has 1 aromatic rings. The summed E-state index contributed by atoms with van der Waals surface area (Å²) in [5.41, 5.74) is 0.989. The molecule has 20 heavy (non-hydrogen) atoms. The third-order valence-corrected chi connectivity index (χ3v) is 3.16. The molecule has 1 aliphatic heterocycles. The van der Waals surface area contributed by atoms with Crippen molar-refractivity contribution in [1.29, 1.82) is 0 Å². The Bertz CT molecular complexity index is 487. The SMILES string of the molecule is CCOC(=O)CCC(=O)N[C@H]1CCOc2ccccc21. The first-order chi connectivity index (χ1) is 9.70. The number of benzene rings is 1. The van der Waals surface area contributed by atoms with Crippen LogP contribution in [0.4, 0.5) is 0 Å². The first-order valence-electron chi connectivity index (χ1n) is 6.87. The average molecular weight is 277 g/mol. The number of fused-ring (bicyclic) bond motifs is 1. The van der Waals surface area contributed by atoms with Crippen molar-refractivity contribution in [2.75, 3.05) is 13.2 Å². The summed E-state index contributed by atoms with van der Waals surface area (Å²) in [6.07, 6.45) is 1.01. The number of carbonyl (C=O) groups excluding carboxylic acids is 2. The average Bonchev–Trinajstić information content (AvgIpc) is 2.46. The van der Waals surface area contributed by atoms with Crippen molar-refractivity contribution in [3.8, 4) is 5.75 Å². The monoisotopic (exact) mass is 277 g/mol. The first-order valence-corrected chi connectivity index (χ1v) is 6.87. The molecule has 0 aliphatic carbocycles. The van der Waals surface area contributed by atoms with Crippen LogP contribution in [0.25, 0.3) is 0 Å². The predicted octanol–water partition coefficient (Wildman–Crippen LogP) is 1.97. The fraction of sp³-hybridized carbons (Fsp3) is 0.467. The summed E-state index contributed by atoms with van der Waals surface area (Å²) in [4.78, 5) is 23.1. The lowest BCUT2D eigenvalue weighted by Crippen LogP contribution is -2.32. The second-order valence-electron chi connectivity index (χ2n) is 4.60. The standard InChI is InChI=1S/C15H19NO4/c1-2-19-15(18)8-7-14(17)16-12-9-10-20-13-6-4-3-5-11(12)13/h3-6,12H,2,7-10H2,1H3,(H,16,17)/t12-/m0/s1. The molecule has 1 aliphatic rings. The van der Waals surface area contributed by atoms with Gasteiger partial charge in [-0.25, -0.2) is 0 Å². The summed E-state index contributed by atoms with van der Waals surface area (Å²) in [5.74, 6) is 0.337. The molecule has 108 valence electrons. The van der Waals surface area contributed by atoms with Gasteiger partial charge in [0, 0.05) is 18.4 Å². The molecule has 0 bridgehead atoms. The molecule has 2 rings (SSSR count). The van der Waals surface area contributed by atoms with Gasteiger partial charge in [0.05, 0.1) is 25.7 Å². The lowest BCUT2D eigenvalue weighted by Gasteiger charge is -2.26. The summed E-state index contributed by atoms with van der Waals surface area (Å²) in [6, 6.07) is 7.63. The van der Waals surface area contributed by atoms with E-state index in [-0.39, 0.29) is 30.8 Å². The molecule has 0 spiro atoms. The number of esters is 1. The summed E-state index contributed by atoms with van der Waals surface area (Å²) < 4.78 is 10.3. The van der Waals surface area contributed by atoms with Crippen LogP contribution < -0.4 is 10.1 Å². The number of hydrogen-bond donors (Lipinski definition) is 1. The summed E-state index contributed by atoms with van der Waals surface area (Å²) in [5, 5.41) is 2.95. The topological polar surface area (TPSA) is 64.6 Å². The van der Waals surface area contributed by atoms with E-state index in [0.29, 0.717) is 13.2 Å². The van der Waals surface area contributed by atoms with Crippen molar-refractivity contribution < 1.29 is 19.1 Å². The highest BCUT2D eigenvalue weighted by molar-refractivity contribution is 5.81. The molecule has 5 nitrogen and oxygen atoms in total. The van der Waals surface area contributed by atoms with E-state index in [0.717, 1.165) is 17.7 Å². The molecule has 0 radical (unpaired) electrons. The molecular formula is C15H19NO4. The zero-order valence-corrected chi connectivity index (χ0v) is 11.6. The van der Waals surface area contributed by atoms with E-state index in [1.807, 2.05) is 24.3 Å². The Morgan fingerprint density at radius 1 is 1.35 bits per heavy atom. The molecule has 5 heteroatoms. The van der Waals surface area contributed by atoms with E-state index in [4.69, 9.17) is 9.47 Å². The second kappa shape index (κ2) is 6.93. The summed E-state index contributed by atoms with van der Waals surface area (Å²) in [6.45, 7) is 2.67. The van der Waals surface area contributed by atoms with Crippen LogP contribution in [-0.4, -0.2) is 25.1 Å². The highest BCUT2D eigenvalue weighted by Gasteiger charge is 2.22. The minimum atomic E-state index is -0.338. The number of nitrogens with one attached hydrogen (secondary N) is 1. The minimum Gasteiger partial charge on any atom is -0.493 e. The van der Waals surface area contributed by atoms with E-state index in [2.05, 4.69) is 5.32 Å². The fourth-order valence-electron chi connectivity index (χ4n) is 2.21. The number of carbonyl (C=O) groups is 2. The van der Waals surface area contributed by atoms with Gasteiger partial charge in [-0.1, -0.05) is 18.2 Å². The Morgan fingerprint density at radius 3 is 2.95 bits per heavy atom. The van der Waals surface area contributed by atoms with Gasteiger partial charge in [-0.3, -0.25) is 9.59 Å². The van der Waals surface area contributed by atoms with E-state index in [9.17, 15) is 9.59 Å². The summed E-state index contributed by atoms with van der Waals surface area (Å²) >= 11 is 0. The molecule has 0 saturated carbocycles. The molecule has 0 unspecified atom stereocenters. The third kappa shape index (κ3) is 3.73. The minimum absolute atomic E-state index is 0.0466. The van der Waals surface area contributed by atoms with Crippen molar-refractivity contribution in [1.82, 2.24) is 5.32 Å². The van der Waals surface area contributed by atoms with E-state index in [1.165, 1.54) is 0 Å². The van der Waals surface area contributed by atoms with Crippen molar-refractivity contribution >= 4 is 11.9 Å². The summed E-state index contributed by atoms with van der Waals surface area (Å²) in [7, 11) is 0. The van der Waals surface area contributed by atoms with Crippen LogP contribution in [0, 0.1) is 0 Å². The van der Waals surface area contributed by atoms with Crippen LogP contribution >= 0.6 is 0 Å². The zero-order chi connectivity index (χ0) is 14.4. The van der Waals surface area contributed by atoms with Gasteiger partial charge in [-0.05, 0) is 13.0 Å². The quantitative estimate of drug-likeness (QED) is 0.836. The van der Waals surface area contributed by atoms with Crippen molar-refractivity contribution in [3.63, 3.8) is 0 Å². The smallest absolute Gasteiger partial charge is 0.306 e. The maximum absolute atomic E-state index is 11.9. The van der Waals surface area contributed by atoms with Crippen molar-refractivity contribution in [3.05, 3.63) is 29.8 Å². The zero-order valence-electron chi connectivity index (χ0n) is 11.6. The van der Waals surface area contributed by atoms with Crippen molar-refractivity contribution in [2.45, 2.75) is 32.2 Å². The molecule has 0 aromatic heterocycles. The van der Waals surface area contributed by atoms with E-state index < -0.39 is 0 Å². The van der Waals surface area contributed by atoms with Crippen LogP contribution in [0.5, 0.6) is 5.75 Å². The van der Waals surface area contributed by atoms with Gasteiger partial charge < -0.3 is 14.8 Å². The molecular weight excluding hydrogens is 258 g/mol. The Labute approximate surface area is 118 Å². The lowest BCUT2D eigenvalue weighted by molar-refractivity contribution is -0.144. The van der Waals surface area contributed by atoms with Crippen molar-refractivity contribution in [2.24, 2.45) is 0 Å². The van der Waals surface area contributed by atoms with Crippen LogP contribution in [0.3, 0.4) is 0 Å². The number of amides is 1. The Morgan fingerprint density at radius 2 is 2.15 bits per heavy atom. The van der Waals surface area contributed by atoms with Crippen LogP contribution in [0.1, 0.15) is 37.8 Å². The third-order valence-electron chi connectivity index (χ3n) is 3.16. The van der Waals surface area contributed by atoms with Gasteiger partial charge >= 0.3 is 5.97 Å². The Hall–Kier alpha value is -2.04. The maximum atomic E-state index is 11.9. The van der Waals surface area contributed by atoms with Gasteiger partial charge in [0.2, 0.25) is 5.91 Å². The van der Waals surface area contributed by atoms with Crippen LogP contribution in [0.15, 0.2) is 24.3 Å². The molecule has 0 fully saturated rings. The predicted molar refractivity (Wildman–Crippen MR) is 73.3 cm³/mol. The van der Waals surface area contributed by atoms with E-state index >= 15 is 0 Å². The molecule has 1 amide bonds. The number of para-hydroxylation sites is 1. The highest BCUT2D eigenvalue weighted by atomic mass is 16.5. The molecule has 1 aromatic carbocycles. The number of ether oxygens (including phenoxy) is 2. The Balaban J connectivity index is 1.88. The van der Waals surface area contributed by atoms with Gasteiger partial charge in [0.15, 0.2) is 0 Å². The first kappa shape index (κ1) is 14.4. The van der Waals surface area contributed by atoms with Crippen LogP contribution in [-0.2, 0) is 14.3 Å². The normalized spacial score (nSPS) is 16.8. The molecule has 0 saturated heterocycles.